The van der Waals surface area contributed by atoms with E-state index < -0.39 is 0 Å². The number of fused-ring (bicyclic) bond motifs is 2. The van der Waals surface area contributed by atoms with Crippen molar-refractivity contribution in [3.05, 3.63) is 58.7 Å². The fraction of sp³-hybridized carbons (Fsp3) is 0.462. The molecule has 1 saturated heterocycles. The second kappa shape index (κ2) is 8.12. The summed E-state index contributed by atoms with van der Waals surface area (Å²) in [6.45, 7) is 6.80. The summed E-state index contributed by atoms with van der Waals surface area (Å²) in [5.41, 5.74) is 6.17. The molecule has 0 radical (unpaired) electrons. The van der Waals surface area contributed by atoms with Gasteiger partial charge in [-0.25, -0.2) is 0 Å². The normalized spacial score (nSPS) is 21.4. The Labute approximate surface area is 184 Å². The highest BCUT2D eigenvalue weighted by molar-refractivity contribution is 5.98. The van der Waals surface area contributed by atoms with Crippen LogP contribution < -0.4 is 0 Å². The highest BCUT2D eigenvalue weighted by Gasteiger charge is 2.27. The molecule has 1 atom stereocenters. The average Bonchev–Trinajstić information content (AvgIpc) is 3.20. The Balaban J connectivity index is 1.33. The topological polar surface area (TPSA) is 43.9 Å². The molecule has 0 aromatic heterocycles. The standard InChI is InChI=1S/C26H31N3O2/c1-18-4-3-11-28(18)14-15-29-13-10-22-17-20(6-8-24(22)26(29)31)19-5-7-23-21(16-19)9-12-27(2)25(23)30/h5-8,16-18H,3-4,9-15H2,1-2H3/t18-/m1/s1. The molecule has 5 nitrogen and oxygen atoms in total. The van der Waals surface area contributed by atoms with Gasteiger partial charge in [0.15, 0.2) is 0 Å². The maximum absolute atomic E-state index is 13.1. The lowest BCUT2D eigenvalue weighted by molar-refractivity contribution is 0.0716. The highest BCUT2D eigenvalue weighted by Crippen LogP contribution is 2.29. The Hall–Kier alpha value is -2.66. The molecule has 3 aliphatic heterocycles. The first-order valence-corrected chi connectivity index (χ1v) is 11.6. The van der Waals surface area contributed by atoms with Crippen molar-refractivity contribution in [3.8, 4) is 11.1 Å². The minimum Gasteiger partial charge on any atom is -0.341 e. The van der Waals surface area contributed by atoms with E-state index in [0.29, 0.717) is 6.04 Å². The molecule has 3 heterocycles. The summed E-state index contributed by atoms with van der Waals surface area (Å²) in [4.78, 5) is 31.7. The van der Waals surface area contributed by atoms with Crippen LogP contribution in [0, 0.1) is 0 Å². The molecule has 0 spiro atoms. The summed E-state index contributed by atoms with van der Waals surface area (Å²) < 4.78 is 0. The van der Waals surface area contributed by atoms with Gasteiger partial charge in [-0.3, -0.25) is 14.5 Å². The molecule has 2 aromatic rings. The van der Waals surface area contributed by atoms with Gasteiger partial charge in [-0.05, 0) is 73.5 Å². The molecule has 1 fully saturated rings. The summed E-state index contributed by atoms with van der Waals surface area (Å²) in [6.07, 6.45) is 4.33. The fourth-order valence-electron chi connectivity index (χ4n) is 5.29. The van der Waals surface area contributed by atoms with Crippen LogP contribution >= 0.6 is 0 Å². The van der Waals surface area contributed by atoms with Gasteiger partial charge in [-0.1, -0.05) is 24.3 Å². The van der Waals surface area contributed by atoms with Crippen molar-refractivity contribution in [2.45, 2.75) is 38.6 Å². The van der Waals surface area contributed by atoms with E-state index in [-0.39, 0.29) is 11.8 Å². The number of nitrogens with zero attached hydrogens (tertiary/aromatic N) is 3. The van der Waals surface area contributed by atoms with Crippen LogP contribution in [0.15, 0.2) is 36.4 Å². The van der Waals surface area contributed by atoms with Crippen LogP contribution in [0.25, 0.3) is 11.1 Å². The molecule has 162 valence electrons. The van der Waals surface area contributed by atoms with Crippen LogP contribution in [0.4, 0.5) is 0 Å². The van der Waals surface area contributed by atoms with E-state index >= 15 is 0 Å². The van der Waals surface area contributed by atoms with Crippen molar-refractivity contribution < 1.29 is 9.59 Å². The summed E-state index contributed by atoms with van der Waals surface area (Å²) in [6, 6.07) is 13.0. The van der Waals surface area contributed by atoms with Crippen LogP contribution in [0.3, 0.4) is 0 Å². The van der Waals surface area contributed by atoms with E-state index in [1.54, 1.807) is 4.90 Å². The number of carbonyl (C=O) groups is 2. The second-order valence-electron chi connectivity index (χ2n) is 9.29. The minimum atomic E-state index is 0.104. The van der Waals surface area contributed by atoms with Gasteiger partial charge in [-0.2, -0.15) is 0 Å². The predicted molar refractivity (Wildman–Crippen MR) is 122 cm³/mol. The third-order valence-corrected chi connectivity index (χ3v) is 7.35. The molecule has 0 aliphatic carbocycles. The maximum atomic E-state index is 13.1. The van der Waals surface area contributed by atoms with Gasteiger partial charge in [0.25, 0.3) is 11.8 Å². The van der Waals surface area contributed by atoms with Crippen LogP contribution in [0.5, 0.6) is 0 Å². The number of amides is 2. The Morgan fingerprint density at radius 2 is 1.48 bits per heavy atom. The van der Waals surface area contributed by atoms with Crippen molar-refractivity contribution in [3.63, 3.8) is 0 Å². The first kappa shape index (κ1) is 20.3. The molecule has 0 bridgehead atoms. The Bertz CT molecular complexity index is 1030. The third-order valence-electron chi connectivity index (χ3n) is 7.35. The number of carbonyl (C=O) groups excluding carboxylic acids is 2. The third kappa shape index (κ3) is 3.76. The number of likely N-dealkylation sites (tertiary alicyclic amines) is 1. The average molecular weight is 418 g/mol. The fourth-order valence-corrected chi connectivity index (χ4v) is 5.29. The molecule has 0 saturated carbocycles. The van der Waals surface area contributed by atoms with E-state index in [1.807, 2.05) is 30.1 Å². The predicted octanol–water partition coefficient (Wildman–Crippen LogP) is 3.46. The van der Waals surface area contributed by atoms with Gasteiger partial charge in [0.2, 0.25) is 0 Å². The van der Waals surface area contributed by atoms with Gasteiger partial charge in [0, 0.05) is 50.4 Å². The van der Waals surface area contributed by atoms with Crippen molar-refractivity contribution in [1.82, 2.24) is 14.7 Å². The van der Waals surface area contributed by atoms with Crippen LogP contribution in [-0.2, 0) is 12.8 Å². The van der Waals surface area contributed by atoms with E-state index in [9.17, 15) is 9.59 Å². The lowest BCUT2D eigenvalue weighted by Crippen LogP contribution is -2.43. The molecule has 0 N–H and O–H groups in total. The lowest BCUT2D eigenvalue weighted by Gasteiger charge is -2.31. The summed E-state index contributed by atoms with van der Waals surface area (Å²) >= 11 is 0. The first-order valence-electron chi connectivity index (χ1n) is 11.6. The molecule has 2 amide bonds. The number of hydrogen-bond donors (Lipinski definition) is 0. The Morgan fingerprint density at radius 1 is 0.839 bits per heavy atom. The summed E-state index contributed by atoms with van der Waals surface area (Å²) in [5, 5.41) is 0. The van der Waals surface area contributed by atoms with E-state index in [1.165, 1.54) is 12.8 Å². The second-order valence-corrected chi connectivity index (χ2v) is 9.29. The zero-order valence-electron chi connectivity index (χ0n) is 18.6. The minimum absolute atomic E-state index is 0.104. The van der Waals surface area contributed by atoms with Crippen LogP contribution in [-0.4, -0.2) is 72.3 Å². The van der Waals surface area contributed by atoms with Gasteiger partial charge in [0.1, 0.15) is 0 Å². The zero-order chi connectivity index (χ0) is 21.5. The molecule has 2 aromatic carbocycles. The van der Waals surface area contributed by atoms with E-state index in [2.05, 4.69) is 30.0 Å². The summed E-state index contributed by atoms with van der Waals surface area (Å²) in [5.74, 6) is 0.269. The van der Waals surface area contributed by atoms with E-state index in [0.717, 1.165) is 78.9 Å². The number of likely N-dealkylation sites (N-methyl/N-ethyl adjacent to an activating group) is 1. The molecule has 5 heteroatoms. The van der Waals surface area contributed by atoms with Crippen molar-refractivity contribution in [2.75, 3.05) is 39.8 Å². The van der Waals surface area contributed by atoms with Gasteiger partial charge < -0.3 is 9.80 Å². The molecule has 3 aliphatic rings. The monoisotopic (exact) mass is 417 g/mol. The SMILES string of the molecule is C[C@@H]1CCCN1CCN1CCc2cc(-c3ccc4c(c3)CCN(C)C4=O)ccc2C1=O. The molecular formula is C26H31N3O2. The van der Waals surface area contributed by atoms with Crippen molar-refractivity contribution in [2.24, 2.45) is 0 Å². The lowest BCUT2D eigenvalue weighted by atomic mass is 9.91. The van der Waals surface area contributed by atoms with Gasteiger partial charge in [-0.15, -0.1) is 0 Å². The maximum Gasteiger partial charge on any atom is 0.254 e. The van der Waals surface area contributed by atoms with Crippen LogP contribution in [0.1, 0.15) is 51.6 Å². The van der Waals surface area contributed by atoms with Crippen LogP contribution in [0.2, 0.25) is 0 Å². The number of rotatable bonds is 4. The molecule has 0 unspecified atom stereocenters. The molecular weight excluding hydrogens is 386 g/mol. The smallest absolute Gasteiger partial charge is 0.254 e. The number of hydrogen-bond acceptors (Lipinski definition) is 3. The summed E-state index contributed by atoms with van der Waals surface area (Å²) in [7, 11) is 1.86. The molecule has 31 heavy (non-hydrogen) atoms. The first-order chi connectivity index (χ1) is 15.0. The quantitative estimate of drug-likeness (QED) is 0.765. The zero-order valence-corrected chi connectivity index (χ0v) is 18.6. The largest absolute Gasteiger partial charge is 0.341 e. The van der Waals surface area contributed by atoms with Gasteiger partial charge >= 0.3 is 0 Å². The van der Waals surface area contributed by atoms with Crippen molar-refractivity contribution >= 4 is 11.8 Å². The Morgan fingerprint density at radius 3 is 2.13 bits per heavy atom. The Kier molecular flexibility index (Phi) is 5.30. The van der Waals surface area contributed by atoms with E-state index in [4.69, 9.17) is 0 Å². The van der Waals surface area contributed by atoms with Gasteiger partial charge in [0.05, 0.1) is 0 Å². The highest BCUT2D eigenvalue weighted by atomic mass is 16.2. The van der Waals surface area contributed by atoms with Crippen molar-refractivity contribution in [1.29, 1.82) is 0 Å². The molecule has 5 rings (SSSR count). The number of benzene rings is 2.